The van der Waals surface area contributed by atoms with Crippen LogP contribution in [0.3, 0.4) is 0 Å². The van der Waals surface area contributed by atoms with Gasteiger partial charge in [-0.1, -0.05) is 45.0 Å². The monoisotopic (exact) mass is 261 g/mol. The zero-order valence-electron chi connectivity index (χ0n) is 12.1. The molecule has 0 aliphatic rings. The van der Waals surface area contributed by atoms with Gasteiger partial charge in [0.1, 0.15) is 0 Å². The van der Waals surface area contributed by atoms with E-state index < -0.39 is 16.1 Å². The Hall–Kier alpha value is -0.0188. The summed E-state index contributed by atoms with van der Waals surface area (Å²) < 4.78 is 13.2. The maximum atomic E-state index is 13.2. The molecule has 1 aromatic heterocycles. The Morgan fingerprint density at radius 3 is 1.82 bits per heavy atom. The maximum Gasteiger partial charge on any atom is 1.00 e. The zero-order valence-corrected chi connectivity index (χ0v) is 14.1. The summed E-state index contributed by atoms with van der Waals surface area (Å²) in [4.78, 5) is 4.07. The molecule has 17 heavy (non-hydrogen) atoms. The molecule has 1 rings (SSSR count). The molecule has 0 atom stereocenters. The summed E-state index contributed by atoms with van der Waals surface area (Å²) >= 11 is 0. The Morgan fingerprint density at radius 1 is 1.00 bits per heavy atom. The molecule has 1 nitrogen and oxygen atoms in total. The van der Waals surface area contributed by atoms with E-state index in [1.807, 2.05) is 6.07 Å². The number of hydrogen-bond acceptors (Lipinski definition) is 1. The average molecular weight is 261 g/mol. The second-order valence-electron chi connectivity index (χ2n) is 6.22. The first kappa shape index (κ1) is 17.0. The fraction of sp³-hybridized carbons (Fsp3) is 0.500. The summed E-state index contributed by atoms with van der Waals surface area (Å²) in [5.74, 6) is -0.369. The van der Waals surface area contributed by atoms with E-state index in [1.165, 1.54) is 11.2 Å². The van der Waals surface area contributed by atoms with Gasteiger partial charge in [-0.2, -0.15) is 15.6 Å². The number of halogens is 1. The molecule has 0 aromatic carbocycles. The first-order valence-electron chi connectivity index (χ1n) is 5.63. The smallest absolute Gasteiger partial charge is 0.260 e. The number of hydrogen-bond donors (Lipinski definition) is 0. The van der Waals surface area contributed by atoms with Crippen molar-refractivity contribution in [2.75, 3.05) is 0 Å². The molecule has 5 heteroatoms. The Balaban J connectivity index is 0.00000256. The van der Waals surface area contributed by atoms with Crippen LogP contribution < -0.4 is 18.9 Å². The maximum absolute atomic E-state index is 13.2. The minimum atomic E-state index is -1.44. The Labute approximate surface area is 118 Å². The molecule has 1 heterocycles. The van der Waals surface area contributed by atoms with Gasteiger partial charge in [0.15, 0.2) is 0 Å². The molecule has 0 N–H and O–H groups in total. The summed E-state index contributed by atoms with van der Waals surface area (Å²) in [5.41, 5.74) is 0.887. The SMILES string of the molecule is C[Si](C)(C)[C-](c1cccc(F)n1)[Si](C)(C)C.[Li+]. The molecule has 0 fully saturated rings. The molecule has 90 valence electrons. The Morgan fingerprint density at radius 2 is 1.47 bits per heavy atom. The summed E-state index contributed by atoms with van der Waals surface area (Å²) in [6.45, 7) is 13.9. The minimum absolute atomic E-state index is 0. The molecular formula is C12H21FLiNSi2. The summed E-state index contributed by atoms with van der Waals surface area (Å²) in [6.07, 6.45) is 0. The molecule has 0 spiro atoms. The van der Waals surface area contributed by atoms with Crippen LogP contribution in [-0.2, 0) is 0 Å². The van der Waals surface area contributed by atoms with Crippen LogP contribution in [0.1, 0.15) is 5.69 Å². The third kappa shape index (κ3) is 4.63. The Bertz CT molecular complexity index is 358. The van der Waals surface area contributed by atoms with Crippen molar-refractivity contribution < 1.29 is 23.3 Å². The van der Waals surface area contributed by atoms with E-state index in [1.54, 1.807) is 6.07 Å². The van der Waals surface area contributed by atoms with E-state index >= 15 is 0 Å². The number of pyridine rings is 1. The summed E-state index contributed by atoms with van der Waals surface area (Å²) in [6, 6.07) is 5.13. The Kier molecular flexibility index (Phi) is 5.74. The van der Waals surface area contributed by atoms with Gasteiger partial charge in [-0.15, -0.1) is 6.07 Å². The van der Waals surface area contributed by atoms with Crippen LogP contribution in [0.25, 0.3) is 0 Å². The quantitative estimate of drug-likeness (QED) is 0.448. The van der Waals surface area contributed by atoms with Crippen molar-refractivity contribution in [1.82, 2.24) is 4.98 Å². The van der Waals surface area contributed by atoms with Crippen molar-refractivity contribution in [2.45, 2.75) is 39.3 Å². The molecule has 1 aromatic rings. The second kappa shape index (κ2) is 5.75. The molecule has 0 unspecified atom stereocenters. The predicted molar refractivity (Wildman–Crippen MR) is 73.2 cm³/mol. The normalized spacial score (nSPS) is 11.9. The molecule has 0 radical (unpaired) electrons. The van der Waals surface area contributed by atoms with Gasteiger partial charge in [0.05, 0.1) is 0 Å². The van der Waals surface area contributed by atoms with Gasteiger partial charge in [0.2, 0.25) is 5.95 Å². The van der Waals surface area contributed by atoms with E-state index in [0.717, 1.165) is 5.69 Å². The molecule has 0 aliphatic carbocycles. The summed E-state index contributed by atoms with van der Waals surface area (Å²) in [7, 11) is -2.87. The van der Waals surface area contributed by atoms with Crippen LogP contribution in [0.4, 0.5) is 4.39 Å². The van der Waals surface area contributed by atoms with Crippen molar-refractivity contribution in [2.24, 2.45) is 0 Å². The van der Waals surface area contributed by atoms with Crippen molar-refractivity contribution in [1.29, 1.82) is 0 Å². The molecule has 0 aliphatic heterocycles. The van der Waals surface area contributed by atoms with E-state index in [4.69, 9.17) is 0 Å². The van der Waals surface area contributed by atoms with Gasteiger partial charge in [-0.05, 0) is 22.2 Å². The molecule has 0 bridgehead atoms. The van der Waals surface area contributed by atoms with E-state index in [9.17, 15) is 4.39 Å². The van der Waals surface area contributed by atoms with Gasteiger partial charge in [0, 0.05) is 0 Å². The summed E-state index contributed by atoms with van der Waals surface area (Å²) in [5, 5.41) is 1.46. The van der Waals surface area contributed by atoms with Crippen LogP contribution in [0.5, 0.6) is 0 Å². The van der Waals surface area contributed by atoms with Crippen molar-refractivity contribution >= 4 is 16.1 Å². The zero-order chi connectivity index (χ0) is 12.6. The van der Waals surface area contributed by atoms with Crippen LogP contribution in [0, 0.1) is 11.1 Å². The molecule has 0 saturated heterocycles. The largest absolute Gasteiger partial charge is 1.00 e. The standard InChI is InChI=1S/C12H21FNSi2.Li/c1-15(2,3)12(16(4,5)6)10-8-7-9-11(13)14-10;/h7-9H,1-6H3;/q-1;+1. The van der Waals surface area contributed by atoms with E-state index in [2.05, 4.69) is 44.3 Å². The van der Waals surface area contributed by atoms with E-state index in [-0.39, 0.29) is 24.8 Å². The second-order valence-corrected chi connectivity index (χ2v) is 16.7. The van der Waals surface area contributed by atoms with Crippen LogP contribution in [0.15, 0.2) is 18.2 Å². The van der Waals surface area contributed by atoms with Gasteiger partial charge in [0.25, 0.3) is 0 Å². The average Bonchev–Trinajstić information content (AvgIpc) is 1.97. The van der Waals surface area contributed by atoms with Crippen LogP contribution in [-0.4, -0.2) is 21.1 Å². The van der Waals surface area contributed by atoms with Crippen LogP contribution >= 0.6 is 0 Å². The van der Waals surface area contributed by atoms with Gasteiger partial charge < -0.3 is 0 Å². The first-order valence-corrected chi connectivity index (χ1v) is 12.6. The van der Waals surface area contributed by atoms with Crippen molar-refractivity contribution in [3.63, 3.8) is 0 Å². The number of rotatable bonds is 3. The van der Waals surface area contributed by atoms with Gasteiger partial charge in [-0.25, -0.2) is 0 Å². The third-order valence-corrected chi connectivity index (χ3v) is 10.5. The third-order valence-electron chi connectivity index (χ3n) is 2.47. The fourth-order valence-corrected chi connectivity index (χ4v) is 13.3. The van der Waals surface area contributed by atoms with Crippen LogP contribution in [0.2, 0.25) is 39.3 Å². The molecule has 0 amide bonds. The predicted octanol–water partition coefficient (Wildman–Crippen LogP) is 0.902. The number of nitrogens with zero attached hydrogens (tertiary/aromatic N) is 1. The van der Waals surface area contributed by atoms with Crippen molar-refractivity contribution in [3.05, 3.63) is 35.0 Å². The van der Waals surface area contributed by atoms with Gasteiger partial charge in [-0.3, -0.25) is 4.98 Å². The first-order chi connectivity index (χ1) is 7.12. The molecular weight excluding hydrogens is 240 g/mol. The van der Waals surface area contributed by atoms with E-state index in [0.29, 0.717) is 0 Å². The molecule has 0 saturated carbocycles. The minimum Gasteiger partial charge on any atom is -0.260 e. The fourth-order valence-electron chi connectivity index (χ4n) is 2.44. The van der Waals surface area contributed by atoms with Gasteiger partial charge >= 0.3 is 18.9 Å². The topological polar surface area (TPSA) is 12.9 Å². The van der Waals surface area contributed by atoms with Crippen molar-refractivity contribution in [3.8, 4) is 0 Å². The number of aromatic nitrogens is 1.